The minimum atomic E-state index is -0.401. The summed E-state index contributed by atoms with van der Waals surface area (Å²) in [4.78, 5) is 14.3. The van der Waals surface area contributed by atoms with Crippen molar-refractivity contribution in [1.29, 1.82) is 0 Å². The molecule has 1 fully saturated rings. The van der Waals surface area contributed by atoms with Gasteiger partial charge in [0.1, 0.15) is 5.82 Å². The Hall–Kier alpha value is -1.13. The molecule has 122 valence electrons. The maximum absolute atomic E-state index is 13.1. The molecule has 0 saturated carbocycles. The van der Waals surface area contributed by atoms with Gasteiger partial charge in [-0.2, -0.15) is 0 Å². The molecule has 1 amide bonds. The average molecular weight is 328 g/mol. The number of aliphatic hydroxyl groups is 1. The number of amides is 1. The number of halogens is 2. The molecule has 0 aromatic heterocycles. The van der Waals surface area contributed by atoms with Crippen LogP contribution in [0.1, 0.15) is 38.2 Å². The third-order valence-electron chi connectivity index (χ3n) is 4.49. The predicted octanol–water partition coefficient (Wildman–Crippen LogP) is 3.42. The monoisotopic (exact) mass is 327 g/mol. The second-order valence-corrected chi connectivity index (χ2v) is 6.65. The Bertz CT molecular complexity index is 533. The summed E-state index contributed by atoms with van der Waals surface area (Å²) in [6.07, 6.45) is 3.95. The standard InChI is InChI=1S/C17H23ClFNO2/c1-2-6-17(12-21)7-3-8-20(11-17)16(22)9-13-4-5-14(19)10-15(13)18/h4-5,10,21H,2-3,6-9,11-12H2,1H3. The minimum absolute atomic E-state index is 0.0119. The molecule has 22 heavy (non-hydrogen) atoms. The third-order valence-corrected chi connectivity index (χ3v) is 4.84. The van der Waals surface area contributed by atoms with Crippen LogP contribution in [0.5, 0.6) is 0 Å². The number of aliphatic hydroxyl groups excluding tert-OH is 1. The van der Waals surface area contributed by atoms with E-state index in [4.69, 9.17) is 11.6 Å². The van der Waals surface area contributed by atoms with Crippen molar-refractivity contribution < 1.29 is 14.3 Å². The zero-order valence-corrected chi connectivity index (χ0v) is 13.7. The summed E-state index contributed by atoms with van der Waals surface area (Å²) in [5.41, 5.74) is 0.471. The third kappa shape index (κ3) is 3.99. The van der Waals surface area contributed by atoms with E-state index in [2.05, 4.69) is 6.92 Å². The molecule has 1 unspecified atom stereocenters. The lowest BCUT2D eigenvalue weighted by molar-refractivity contribution is -0.135. The molecule has 5 heteroatoms. The lowest BCUT2D eigenvalue weighted by atomic mass is 9.77. The molecule has 1 aromatic carbocycles. The number of hydrogen-bond donors (Lipinski definition) is 1. The number of benzene rings is 1. The highest BCUT2D eigenvalue weighted by atomic mass is 35.5. The van der Waals surface area contributed by atoms with Crippen LogP contribution in [-0.2, 0) is 11.2 Å². The summed E-state index contributed by atoms with van der Waals surface area (Å²) in [7, 11) is 0. The zero-order valence-electron chi connectivity index (χ0n) is 12.9. The predicted molar refractivity (Wildman–Crippen MR) is 85.4 cm³/mol. The topological polar surface area (TPSA) is 40.5 Å². The van der Waals surface area contributed by atoms with Crippen molar-refractivity contribution in [2.45, 2.75) is 39.0 Å². The fourth-order valence-electron chi connectivity index (χ4n) is 3.30. The highest BCUT2D eigenvalue weighted by molar-refractivity contribution is 6.31. The van der Waals surface area contributed by atoms with Crippen LogP contribution in [0, 0.1) is 11.2 Å². The Morgan fingerprint density at radius 1 is 1.50 bits per heavy atom. The van der Waals surface area contributed by atoms with Crippen molar-refractivity contribution in [2.75, 3.05) is 19.7 Å². The van der Waals surface area contributed by atoms with Crippen LogP contribution in [0.2, 0.25) is 5.02 Å². The fraction of sp³-hybridized carbons (Fsp3) is 0.588. The molecule has 1 aliphatic rings. The second kappa shape index (κ2) is 7.42. The summed E-state index contributed by atoms with van der Waals surface area (Å²) in [6, 6.07) is 4.11. The molecule has 1 aliphatic heterocycles. The Morgan fingerprint density at radius 3 is 2.91 bits per heavy atom. The van der Waals surface area contributed by atoms with Crippen molar-refractivity contribution in [1.82, 2.24) is 4.90 Å². The molecule has 1 heterocycles. The molecular weight excluding hydrogens is 305 g/mol. The van der Waals surface area contributed by atoms with Crippen LogP contribution >= 0.6 is 11.6 Å². The molecule has 1 atom stereocenters. The second-order valence-electron chi connectivity index (χ2n) is 6.24. The van der Waals surface area contributed by atoms with Gasteiger partial charge in [0, 0.05) is 23.5 Å². The van der Waals surface area contributed by atoms with Crippen LogP contribution in [0.15, 0.2) is 18.2 Å². The molecule has 1 N–H and O–H groups in total. The summed E-state index contributed by atoms with van der Waals surface area (Å²) in [6.45, 7) is 3.51. The Morgan fingerprint density at radius 2 is 2.27 bits per heavy atom. The summed E-state index contributed by atoms with van der Waals surface area (Å²) >= 11 is 5.99. The van der Waals surface area contributed by atoms with Gasteiger partial charge in [-0.1, -0.05) is 31.0 Å². The van der Waals surface area contributed by atoms with Crippen molar-refractivity contribution in [2.24, 2.45) is 5.41 Å². The number of nitrogens with zero attached hydrogens (tertiary/aromatic N) is 1. The van der Waals surface area contributed by atoms with Crippen molar-refractivity contribution in [3.05, 3.63) is 34.6 Å². The minimum Gasteiger partial charge on any atom is -0.396 e. The van der Waals surface area contributed by atoms with Crippen LogP contribution < -0.4 is 0 Å². The van der Waals surface area contributed by atoms with Crippen molar-refractivity contribution in [3.63, 3.8) is 0 Å². The molecule has 0 spiro atoms. The number of rotatable bonds is 5. The van der Waals surface area contributed by atoms with Gasteiger partial charge in [0.15, 0.2) is 0 Å². The first-order valence-corrected chi connectivity index (χ1v) is 8.20. The number of likely N-dealkylation sites (tertiary alicyclic amines) is 1. The summed E-state index contributed by atoms with van der Waals surface area (Å²) in [5, 5.41) is 10.0. The molecular formula is C17H23ClFNO2. The average Bonchev–Trinajstić information content (AvgIpc) is 2.50. The maximum Gasteiger partial charge on any atom is 0.227 e. The SMILES string of the molecule is CCCC1(CO)CCCN(C(=O)Cc2ccc(F)cc2Cl)C1. The van der Waals surface area contributed by atoms with Crippen molar-refractivity contribution >= 4 is 17.5 Å². The molecule has 1 aromatic rings. The van der Waals surface area contributed by atoms with E-state index in [1.807, 2.05) is 4.90 Å². The van der Waals surface area contributed by atoms with E-state index in [-0.39, 0.29) is 29.4 Å². The quantitative estimate of drug-likeness (QED) is 0.900. The molecule has 0 radical (unpaired) electrons. The summed E-state index contributed by atoms with van der Waals surface area (Å²) in [5.74, 6) is -0.413. The Kier molecular flexibility index (Phi) is 5.81. The van der Waals surface area contributed by atoms with Crippen LogP contribution in [-0.4, -0.2) is 35.6 Å². The molecule has 0 bridgehead atoms. The molecule has 2 rings (SSSR count). The molecule has 3 nitrogen and oxygen atoms in total. The Labute approximate surface area is 136 Å². The fourth-order valence-corrected chi connectivity index (χ4v) is 3.54. The molecule has 1 saturated heterocycles. The smallest absolute Gasteiger partial charge is 0.227 e. The van der Waals surface area contributed by atoms with Crippen LogP contribution in [0.25, 0.3) is 0 Å². The van der Waals surface area contributed by atoms with Gasteiger partial charge in [-0.3, -0.25) is 4.79 Å². The maximum atomic E-state index is 13.1. The first kappa shape index (κ1) is 17.2. The number of piperidine rings is 1. The van der Waals surface area contributed by atoms with Gasteiger partial charge < -0.3 is 10.0 Å². The zero-order chi connectivity index (χ0) is 16.2. The van der Waals surface area contributed by atoms with E-state index in [0.717, 1.165) is 25.7 Å². The normalized spacial score (nSPS) is 21.9. The lowest BCUT2D eigenvalue weighted by Gasteiger charge is -2.42. The highest BCUT2D eigenvalue weighted by Crippen LogP contribution is 2.34. The van der Waals surface area contributed by atoms with Gasteiger partial charge in [0.25, 0.3) is 0 Å². The first-order chi connectivity index (χ1) is 10.5. The number of hydrogen-bond acceptors (Lipinski definition) is 2. The number of carbonyl (C=O) groups is 1. The van der Waals surface area contributed by atoms with Crippen molar-refractivity contribution in [3.8, 4) is 0 Å². The largest absolute Gasteiger partial charge is 0.396 e. The van der Waals surface area contributed by atoms with Gasteiger partial charge in [0.05, 0.1) is 13.0 Å². The lowest BCUT2D eigenvalue weighted by Crippen LogP contribution is -2.48. The Balaban J connectivity index is 2.05. The van der Waals surface area contributed by atoms with Gasteiger partial charge in [-0.15, -0.1) is 0 Å². The van der Waals surface area contributed by atoms with Gasteiger partial charge >= 0.3 is 0 Å². The van der Waals surface area contributed by atoms with E-state index in [0.29, 0.717) is 18.7 Å². The number of carbonyl (C=O) groups excluding carboxylic acids is 1. The van der Waals surface area contributed by atoms with Gasteiger partial charge in [-0.25, -0.2) is 4.39 Å². The first-order valence-electron chi connectivity index (χ1n) is 7.82. The summed E-state index contributed by atoms with van der Waals surface area (Å²) < 4.78 is 13.1. The van der Waals surface area contributed by atoms with Crippen LogP contribution in [0.4, 0.5) is 4.39 Å². The van der Waals surface area contributed by atoms with E-state index in [1.54, 1.807) is 6.07 Å². The van der Waals surface area contributed by atoms with E-state index in [1.165, 1.54) is 12.1 Å². The van der Waals surface area contributed by atoms with E-state index in [9.17, 15) is 14.3 Å². The van der Waals surface area contributed by atoms with Gasteiger partial charge in [0.2, 0.25) is 5.91 Å². The molecule has 0 aliphatic carbocycles. The van der Waals surface area contributed by atoms with Crippen LogP contribution in [0.3, 0.4) is 0 Å². The van der Waals surface area contributed by atoms with Gasteiger partial charge in [-0.05, 0) is 37.0 Å². The highest BCUT2D eigenvalue weighted by Gasteiger charge is 2.35. The van der Waals surface area contributed by atoms with E-state index >= 15 is 0 Å². The van der Waals surface area contributed by atoms with E-state index < -0.39 is 5.82 Å².